The summed E-state index contributed by atoms with van der Waals surface area (Å²) in [6.45, 7) is 5.49. The largest absolute Gasteiger partial charge is 0.479 e. The second-order valence-electron chi connectivity index (χ2n) is 2.14. The van der Waals surface area contributed by atoms with Gasteiger partial charge in [-0.15, -0.1) is 0 Å². The van der Waals surface area contributed by atoms with Gasteiger partial charge in [0.05, 0.1) is 0 Å². The molecule has 0 aromatic heterocycles. The average molecular weight is 201 g/mol. The summed E-state index contributed by atoms with van der Waals surface area (Å²) in [6.07, 6.45) is -1.26. The summed E-state index contributed by atoms with van der Waals surface area (Å²) in [7, 11) is 0. The fourth-order valence-corrected chi connectivity index (χ4v) is 0.620. The van der Waals surface area contributed by atoms with E-state index in [9.17, 15) is 4.79 Å². The van der Waals surface area contributed by atoms with Gasteiger partial charge in [0.15, 0.2) is 12.4 Å². The third-order valence-electron chi connectivity index (χ3n) is 1.14. The molecule has 4 nitrogen and oxygen atoms in total. The molecule has 0 aromatic carbocycles. The van der Waals surface area contributed by atoms with Gasteiger partial charge in [-0.2, -0.15) is 0 Å². The molecule has 0 aliphatic heterocycles. The molecule has 12 heavy (non-hydrogen) atoms. The van der Waals surface area contributed by atoms with Gasteiger partial charge in [-0.3, -0.25) is 0 Å². The predicted octanol–water partition coefficient (Wildman–Crippen LogP) is 0.478. The van der Waals surface area contributed by atoms with Gasteiger partial charge in [-0.1, -0.05) is 0 Å². The molecule has 67 valence electrons. The molecule has 1 N–H and O–H groups in total. The molecule has 1 radical (unpaired) electrons. The van der Waals surface area contributed by atoms with E-state index in [1.807, 2.05) is 6.92 Å². The Balaban J connectivity index is 0. The Kier molecular flexibility index (Phi) is 11.1. The third kappa shape index (κ3) is 7.66. The van der Waals surface area contributed by atoms with Crippen LogP contribution < -0.4 is 0 Å². The molecule has 0 heterocycles. The number of carbonyl (C=O) groups is 1. The van der Waals surface area contributed by atoms with E-state index in [-0.39, 0.29) is 51.4 Å². The van der Waals surface area contributed by atoms with Crippen LogP contribution in [-0.4, -0.2) is 81.5 Å². The van der Waals surface area contributed by atoms with Crippen molar-refractivity contribution < 1.29 is 19.4 Å². The van der Waals surface area contributed by atoms with Crippen LogP contribution in [-0.2, 0) is 14.3 Å². The second kappa shape index (κ2) is 8.62. The zero-order valence-electron chi connectivity index (χ0n) is 8.03. The summed E-state index contributed by atoms with van der Waals surface area (Å²) in [5.74, 6) is -0.975. The van der Waals surface area contributed by atoms with Crippen LogP contribution in [0.3, 0.4) is 0 Å². The van der Waals surface area contributed by atoms with Crippen molar-refractivity contribution >= 4 is 57.4 Å². The van der Waals surface area contributed by atoms with Gasteiger partial charge in [-0.05, 0) is 20.8 Å². The number of carboxylic acids is 1. The Labute approximate surface area is 115 Å². The van der Waals surface area contributed by atoms with E-state index in [1.54, 1.807) is 6.92 Å². The number of aliphatic carboxylic acids is 1. The minimum absolute atomic E-state index is 0. The molecule has 0 saturated heterocycles. The van der Waals surface area contributed by atoms with E-state index in [0.717, 1.165) is 0 Å². The molecule has 0 rings (SSSR count). The molecule has 0 aliphatic rings. The van der Waals surface area contributed by atoms with Crippen molar-refractivity contribution in [2.75, 3.05) is 6.61 Å². The van der Waals surface area contributed by atoms with Crippen molar-refractivity contribution in [3.05, 3.63) is 0 Å². The molecule has 2 unspecified atom stereocenters. The molecule has 0 spiro atoms. The van der Waals surface area contributed by atoms with Crippen LogP contribution in [0.25, 0.3) is 0 Å². The molecule has 0 saturated carbocycles. The number of hydrogen-bond donors (Lipinski definition) is 1. The van der Waals surface area contributed by atoms with Crippen LogP contribution >= 0.6 is 0 Å². The molecular weight excluding hydrogens is 187 g/mol. The van der Waals surface area contributed by atoms with E-state index < -0.39 is 18.4 Å². The number of hydrogen-bond acceptors (Lipinski definition) is 3. The van der Waals surface area contributed by atoms with Gasteiger partial charge in [0.1, 0.15) is 0 Å². The van der Waals surface area contributed by atoms with Crippen molar-refractivity contribution in [1.82, 2.24) is 0 Å². The quantitative estimate of drug-likeness (QED) is 0.519. The summed E-state index contributed by atoms with van der Waals surface area (Å²) in [4.78, 5) is 10.3. The second-order valence-corrected chi connectivity index (χ2v) is 2.14. The van der Waals surface area contributed by atoms with E-state index in [1.165, 1.54) is 6.92 Å². The van der Waals surface area contributed by atoms with Gasteiger partial charge in [-0.25, -0.2) is 4.79 Å². The molecule has 0 fully saturated rings. The zero-order valence-corrected chi connectivity index (χ0v) is 11.2. The van der Waals surface area contributed by atoms with Gasteiger partial charge < -0.3 is 14.6 Å². The first kappa shape index (κ1) is 15.5. The maximum atomic E-state index is 10.3. The van der Waals surface area contributed by atoms with Crippen LogP contribution in [0.2, 0.25) is 0 Å². The Morgan fingerprint density at radius 3 is 2.33 bits per heavy atom. The summed E-state index contributed by atoms with van der Waals surface area (Å²) in [5, 5.41) is 8.42. The van der Waals surface area contributed by atoms with Gasteiger partial charge >= 0.3 is 5.97 Å². The fraction of sp³-hybridized carbons (Fsp3) is 0.857. The fourth-order valence-electron chi connectivity index (χ4n) is 0.620. The topological polar surface area (TPSA) is 55.8 Å². The molecule has 0 aromatic rings. The Hall–Kier alpha value is 1.03. The van der Waals surface area contributed by atoms with Crippen molar-refractivity contribution in [3.63, 3.8) is 0 Å². The first-order chi connectivity index (χ1) is 5.07. The van der Waals surface area contributed by atoms with Crippen LogP contribution in [0.15, 0.2) is 0 Å². The standard InChI is InChI=1S/C7H14O4.K/c1-4-10-6(3)11-5(2)7(8)9;/h5-6H,4H2,1-3H3,(H,8,9);. The van der Waals surface area contributed by atoms with Crippen LogP contribution in [0, 0.1) is 0 Å². The molecular formula is C7H14KO4. The van der Waals surface area contributed by atoms with E-state index in [2.05, 4.69) is 0 Å². The van der Waals surface area contributed by atoms with Crippen LogP contribution in [0.4, 0.5) is 0 Å². The van der Waals surface area contributed by atoms with Gasteiger partial charge in [0.25, 0.3) is 0 Å². The number of ether oxygens (including phenoxy) is 2. The zero-order chi connectivity index (χ0) is 8.85. The maximum absolute atomic E-state index is 10.3. The summed E-state index contributed by atoms with van der Waals surface area (Å²) in [5.41, 5.74) is 0. The van der Waals surface area contributed by atoms with Gasteiger partial charge in [0.2, 0.25) is 0 Å². The summed E-state index contributed by atoms with van der Waals surface area (Å²) >= 11 is 0. The monoisotopic (exact) mass is 201 g/mol. The molecule has 2 atom stereocenters. The molecule has 0 bridgehead atoms. The third-order valence-corrected chi connectivity index (χ3v) is 1.14. The minimum Gasteiger partial charge on any atom is -0.479 e. The number of rotatable bonds is 5. The molecule has 0 aliphatic carbocycles. The minimum atomic E-state index is -0.975. The van der Waals surface area contributed by atoms with Crippen molar-refractivity contribution in [3.8, 4) is 0 Å². The SMILES string of the molecule is CCOC(C)OC(C)C(=O)O.[K]. The van der Waals surface area contributed by atoms with Gasteiger partial charge in [0, 0.05) is 58.0 Å². The van der Waals surface area contributed by atoms with Crippen molar-refractivity contribution in [2.45, 2.75) is 33.2 Å². The van der Waals surface area contributed by atoms with Crippen LogP contribution in [0.1, 0.15) is 20.8 Å². The Morgan fingerprint density at radius 1 is 1.50 bits per heavy atom. The molecule has 0 amide bonds. The Bertz CT molecular complexity index is 129. The first-order valence-electron chi connectivity index (χ1n) is 3.57. The number of carboxylic acid groups (broad SMARTS) is 1. The normalized spacial score (nSPS) is 14.6. The van der Waals surface area contributed by atoms with Crippen molar-refractivity contribution in [1.29, 1.82) is 0 Å². The van der Waals surface area contributed by atoms with E-state index >= 15 is 0 Å². The average Bonchev–Trinajstić information content (AvgIpc) is 1.87. The Morgan fingerprint density at radius 2 is 2.00 bits per heavy atom. The predicted molar refractivity (Wildman–Crippen MR) is 45.0 cm³/mol. The van der Waals surface area contributed by atoms with E-state index in [4.69, 9.17) is 14.6 Å². The maximum Gasteiger partial charge on any atom is 0.332 e. The summed E-state index contributed by atoms with van der Waals surface area (Å²) in [6, 6.07) is 0. The van der Waals surface area contributed by atoms with Crippen LogP contribution in [0.5, 0.6) is 0 Å². The van der Waals surface area contributed by atoms with E-state index in [0.29, 0.717) is 6.61 Å². The smallest absolute Gasteiger partial charge is 0.332 e. The molecule has 5 heteroatoms. The van der Waals surface area contributed by atoms with Crippen molar-refractivity contribution in [2.24, 2.45) is 0 Å². The first-order valence-corrected chi connectivity index (χ1v) is 3.57. The summed E-state index contributed by atoms with van der Waals surface area (Å²) < 4.78 is 9.91.